The molecule has 0 radical (unpaired) electrons. The minimum atomic E-state index is -0.854. The lowest BCUT2D eigenvalue weighted by Gasteiger charge is -2.26. The summed E-state index contributed by atoms with van der Waals surface area (Å²) in [6.45, 7) is 1.82. The van der Waals surface area contributed by atoms with Crippen LogP contribution in [-0.4, -0.2) is 31.0 Å². The first-order valence-electron chi connectivity index (χ1n) is 9.81. The smallest absolute Gasteiger partial charge is 0.300 e. The van der Waals surface area contributed by atoms with Crippen molar-refractivity contribution in [3.8, 4) is 11.5 Å². The van der Waals surface area contributed by atoms with Crippen molar-refractivity contribution >= 4 is 57.7 Å². The number of Topliss-reactive ketones (excluding diaryl/α,β-unsaturated/α-hetero) is 1. The van der Waals surface area contributed by atoms with Gasteiger partial charge in [-0.1, -0.05) is 35.3 Å². The number of amides is 1. The minimum Gasteiger partial charge on any atom is -0.507 e. The van der Waals surface area contributed by atoms with E-state index >= 15 is 0 Å². The molecule has 33 heavy (non-hydrogen) atoms. The van der Waals surface area contributed by atoms with Crippen LogP contribution >= 0.6 is 34.5 Å². The van der Waals surface area contributed by atoms with Gasteiger partial charge in [-0.05, 0) is 42.1 Å². The van der Waals surface area contributed by atoms with Gasteiger partial charge in [0, 0.05) is 21.7 Å². The highest BCUT2D eigenvalue weighted by Gasteiger charge is 2.48. The SMILES string of the molecule is COc1cc(OC)c(/C(O)=C2/C(=O)C(=O)N(c3cc(Cl)ccc3C)C2c2cccs2)cc1Cl. The fourth-order valence-electron chi connectivity index (χ4n) is 3.83. The van der Waals surface area contributed by atoms with Crippen molar-refractivity contribution in [2.45, 2.75) is 13.0 Å². The third-order valence-corrected chi connectivity index (χ3v) is 6.87. The van der Waals surface area contributed by atoms with Crippen LogP contribution in [0, 0.1) is 6.92 Å². The highest BCUT2D eigenvalue weighted by molar-refractivity contribution is 7.10. The molecule has 1 atom stereocenters. The number of aliphatic hydroxyl groups is 1. The van der Waals surface area contributed by atoms with Crippen LogP contribution in [-0.2, 0) is 9.59 Å². The summed E-state index contributed by atoms with van der Waals surface area (Å²) >= 11 is 13.9. The molecule has 0 aliphatic carbocycles. The molecule has 1 aliphatic rings. The van der Waals surface area contributed by atoms with E-state index in [-0.39, 0.29) is 21.9 Å². The number of rotatable bonds is 5. The van der Waals surface area contributed by atoms with Gasteiger partial charge in [0.2, 0.25) is 0 Å². The fourth-order valence-corrected chi connectivity index (χ4v) is 5.06. The van der Waals surface area contributed by atoms with Crippen LogP contribution in [0.1, 0.15) is 22.0 Å². The quantitative estimate of drug-likeness (QED) is 0.262. The Balaban J connectivity index is 1.99. The Bertz CT molecular complexity index is 1290. The number of ether oxygens (including phenoxy) is 2. The van der Waals surface area contributed by atoms with E-state index in [1.807, 2.05) is 18.4 Å². The van der Waals surface area contributed by atoms with E-state index in [0.717, 1.165) is 5.56 Å². The van der Waals surface area contributed by atoms with Gasteiger partial charge in [0.25, 0.3) is 11.7 Å². The largest absolute Gasteiger partial charge is 0.507 e. The van der Waals surface area contributed by atoms with E-state index in [0.29, 0.717) is 21.3 Å². The van der Waals surface area contributed by atoms with Gasteiger partial charge in [-0.2, -0.15) is 0 Å². The topological polar surface area (TPSA) is 76.1 Å². The molecule has 1 aromatic heterocycles. The van der Waals surface area contributed by atoms with Gasteiger partial charge in [0.1, 0.15) is 23.3 Å². The summed E-state index contributed by atoms with van der Waals surface area (Å²) in [5.74, 6) is -1.40. The highest BCUT2D eigenvalue weighted by atomic mass is 35.5. The zero-order valence-corrected chi connectivity index (χ0v) is 20.2. The predicted octanol–water partition coefficient (Wildman–Crippen LogP) is 6.01. The normalized spacial score (nSPS) is 17.5. The van der Waals surface area contributed by atoms with Crippen molar-refractivity contribution in [3.05, 3.63) is 79.5 Å². The lowest BCUT2D eigenvalue weighted by molar-refractivity contribution is -0.132. The Hall–Kier alpha value is -3.00. The second-order valence-corrected chi connectivity index (χ2v) is 9.13. The van der Waals surface area contributed by atoms with Gasteiger partial charge in [-0.25, -0.2) is 0 Å². The molecule has 1 amide bonds. The van der Waals surface area contributed by atoms with Crippen molar-refractivity contribution in [2.24, 2.45) is 0 Å². The molecule has 1 N–H and O–H groups in total. The van der Waals surface area contributed by atoms with Crippen LogP contribution in [0.25, 0.3) is 5.76 Å². The Kier molecular flexibility index (Phi) is 6.38. The standard InChI is InChI=1S/C24H19Cl2NO5S/c1-12-6-7-13(25)9-16(12)27-21(19-5-4-8-33-19)20(23(29)24(27)30)22(28)14-10-15(26)18(32-3)11-17(14)31-2/h4-11,21,28H,1-3H3/b22-20-. The Morgan fingerprint density at radius 3 is 2.42 bits per heavy atom. The molecular formula is C24H19Cl2NO5S. The lowest BCUT2D eigenvalue weighted by Crippen LogP contribution is -2.29. The molecular weight excluding hydrogens is 485 g/mol. The summed E-state index contributed by atoms with van der Waals surface area (Å²) in [5, 5.41) is 13.8. The number of aryl methyl sites for hydroxylation is 1. The number of nitrogens with zero attached hydrogens (tertiary/aromatic N) is 1. The number of thiophene rings is 1. The van der Waals surface area contributed by atoms with Crippen molar-refractivity contribution in [1.29, 1.82) is 0 Å². The van der Waals surface area contributed by atoms with Crippen molar-refractivity contribution in [2.75, 3.05) is 19.1 Å². The summed E-state index contributed by atoms with van der Waals surface area (Å²) in [6, 6.07) is 10.8. The van der Waals surface area contributed by atoms with Gasteiger partial charge in [0.05, 0.1) is 30.4 Å². The third kappa shape index (κ3) is 3.97. The zero-order valence-electron chi connectivity index (χ0n) is 17.9. The molecule has 0 bridgehead atoms. The first kappa shape index (κ1) is 23.2. The van der Waals surface area contributed by atoms with Crippen LogP contribution in [0.5, 0.6) is 11.5 Å². The van der Waals surface area contributed by atoms with Gasteiger partial charge >= 0.3 is 0 Å². The molecule has 9 heteroatoms. The number of carbonyl (C=O) groups is 2. The Morgan fingerprint density at radius 2 is 1.79 bits per heavy atom. The number of anilines is 1. The summed E-state index contributed by atoms with van der Waals surface area (Å²) in [5.41, 5.74) is 1.35. The van der Waals surface area contributed by atoms with Crippen LogP contribution in [0.15, 0.2) is 53.4 Å². The first-order chi connectivity index (χ1) is 15.8. The molecule has 2 aromatic carbocycles. The van der Waals surface area contributed by atoms with Gasteiger partial charge in [-0.3, -0.25) is 14.5 Å². The third-order valence-electron chi connectivity index (χ3n) is 5.42. The van der Waals surface area contributed by atoms with Crippen LogP contribution < -0.4 is 14.4 Å². The lowest BCUT2D eigenvalue weighted by atomic mass is 9.99. The Morgan fingerprint density at radius 1 is 1.06 bits per heavy atom. The van der Waals surface area contributed by atoms with Gasteiger partial charge in [0.15, 0.2) is 0 Å². The maximum Gasteiger partial charge on any atom is 0.300 e. The molecule has 1 aliphatic heterocycles. The van der Waals surface area contributed by atoms with Crippen LogP contribution in [0.2, 0.25) is 10.0 Å². The van der Waals surface area contributed by atoms with Gasteiger partial charge < -0.3 is 14.6 Å². The second kappa shape index (κ2) is 9.09. The molecule has 1 saturated heterocycles. The summed E-state index contributed by atoms with van der Waals surface area (Å²) in [4.78, 5) is 28.6. The maximum absolute atomic E-state index is 13.3. The molecule has 0 spiro atoms. The number of ketones is 1. The fraction of sp³-hybridized carbons (Fsp3) is 0.167. The van der Waals surface area contributed by atoms with E-state index in [1.54, 1.807) is 24.3 Å². The molecule has 1 unspecified atom stereocenters. The summed E-state index contributed by atoms with van der Waals surface area (Å²) in [6.07, 6.45) is 0. The number of hydrogen-bond acceptors (Lipinski definition) is 6. The number of carbonyl (C=O) groups excluding carboxylic acids is 2. The van der Waals surface area contributed by atoms with Crippen molar-refractivity contribution in [3.63, 3.8) is 0 Å². The number of halogens is 2. The molecule has 3 aromatic rings. The summed E-state index contributed by atoms with van der Waals surface area (Å²) < 4.78 is 10.6. The zero-order chi connectivity index (χ0) is 23.9. The van der Waals surface area contributed by atoms with E-state index in [9.17, 15) is 14.7 Å². The number of methoxy groups -OCH3 is 2. The Labute approximate surface area is 204 Å². The molecule has 170 valence electrons. The number of benzene rings is 2. The molecule has 4 rings (SSSR count). The highest BCUT2D eigenvalue weighted by Crippen LogP contribution is 2.46. The monoisotopic (exact) mass is 503 g/mol. The molecule has 1 fully saturated rings. The predicted molar refractivity (Wildman–Crippen MR) is 130 cm³/mol. The average molecular weight is 504 g/mol. The maximum atomic E-state index is 13.3. The van der Waals surface area contributed by atoms with E-state index in [1.165, 1.54) is 42.6 Å². The molecule has 2 heterocycles. The van der Waals surface area contributed by atoms with Crippen LogP contribution in [0.3, 0.4) is 0 Å². The first-order valence-corrected chi connectivity index (χ1v) is 11.4. The molecule has 6 nitrogen and oxygen atoms in total. The van der Waals surface area contributed by atoms with Crippen molar-refractivity contribution < 1.29 is 24.2 Å². The average Bonchev–Trinajstić information content (AvgIpc) is 3.42. The summed E-state index contributed by atoms with van der Waals surface area (Å²) in [7, 11) is 2.87. The number of hydrogen-bond donors (Lipinski definition) is 1. The van der Waals surface area contributed by atoms with Crippen molar-refractivity contribution in [1.82, 2.24) is 0 Å². The minimum absolute atomic E-state index is 0.0682. The van der Waals surface area contributed by atoms with E-state index < -0.39 is 23.5 Å². The van der Waals surface area contributed by atoms with Gasteiger partial charge in [-0.15, -0.1) is 11.3 Å². The van der Waals surface area contributed by atoms with E-state index in [2.05, 4.69) is 0 Å². The number of aliphatic hydroxyl groups excluding tert-OH is 1. The second-order valence-electron chi connectivity index (χ2n) is 7.30. The molecule has 0 saturated carbocycles. The van der Waals surface area contributed by atoms with Crippen LogP contribution in [0.4, 0.5) is 5.69 Å². The van der Waals surface area contributed by atoms with E-state index in [4.69, 9.17) is 32.7 Å².